The van der Waals surface area contributed by atoms with Crippen LogP contribution in [0.3, 0.4) is 0 Å². The van der Waals surface area contributed by atoms with Crippen molar-refractivity contribution in [3.05, 3.63) is 58.1 Å². The monoisotopic (exact) mass is 373 g/mol. The van der Waals surface area contributed by atoms with Gasteiger partial charge in [0.25, 0.3) is 0 Å². The lowest BCUT2D eigenvalue weighted by Gasteiger charge is -2.21. The van der Waals surface area contributed by atoms with E-state index in [9.17, 15) is 8.42 Å². The lowest BCUT2D eigenvalue weighted by Crippen LogP contribution is -2.28. The lowest BCUT2D eigenvalue weighted by atomic mass is 9.92. The molecule has 0 aliphatic heterocycles. The van der Waals surface area contributed by atoms with Crippen LogP contribution in [-0.4, -0.2) is 15.5 Å². The molecule has 26 heavy (non-hydrogen) atoms. The van der Waals surface area contributed by atoms with E-state index in [2.05, 4.69) is 10.8 Å². The minimum Gasteiger partial charge on any atom is -0.495 e. The van der Waals surface area contributed by atoms with E-state index in [4.69, 9.17) is 4.74 Å². The van der Waals surface area contributed by atoms with Crippen LogP contribution in [0.5, 0.6) is 5.75 Å². The maximum absolute atomic E-state index is 13.1. The Morgan fingerprint density at radius 2 is 1.69 bits per heavy atom. The van der Waals surface area contributed by atoms with Crippen LogP contribution < -0.4 is 9.46 Å². The molecular formula is C21H27NO3S. The second kappa shape index (κ2) is 7.41. The summed E-state index contributed by atoms with van der Waals surface area (Å²) in [5, 5.41) is 0. The average molecular weight is 374 g/mol. The van der Waals surface area contributed by atoms with E-state index >= 15 is 0 Å². The minimum absolute atomic E-state index is 0.234. The Balaban J connectivity index is 1.95. The summed E-state index contributed by atoms with van der Waals surface area (Å²) in [6, 6.07) is 9.44. The van der Waals surface area contributed by atoms with Gasteiger partial charge in [0.05, 0.1) is 7.11 Å². The zero-order valence-corrected chi connectivity index (χ0v) is 16.7. The number of nitrogens with one attached hydrogen (secondary N) is 1. The van der Waals surface area contributed by atoms with E-state index in [0.717, 1.165) is 47.9 Å². The summed E-state index contributed by atoms with van der Waals surface area (Å²) in [7, 11) is -2.16. The summed E-state index contributed by atoms with van der Waals surface area (Å²) >= 11 is 0. The molecule has 0 aromatic heterocycles. The number of hydrogen-bond donors (Lipinski definition) is 1. The van der Waals surface area contributed by atoms with Crippen molar-refractivity contribution in [2.75, 3.05) is 7.11 Å². The largest absolute Gasteiger partial charge is 0.495 e. The first kappa shape index (κ1) is 18.9. The zero-order valence-electron chi connectivity index (χ0n) is 15.9. The number of ether oxygens (including phenoxy) is 1. The zero-order chi connectivity index (χ0) is 18.9. The van der Waals surface area contributed by atoms with E-state index in [1.807, 2.05) is 39.0 Å². The van der Waals surface area contributed by atoms with Gasteiger partial charge in [-0.25, -0.2) is 13.1 Å². The fraction of sp³-hybridized carbons (Fsp3) is 0.429. The predicted molar refractivity (Wildman–Crippen MR) is 104 cm³/mol. The molecule has 0 bridgehead atoms. The second-order valence-corrected chi connectivity index (χ2v) is 8.86. The van der Waals surface area contributed by atoms with Crippen molar-refractivity contribution >= 4 is 10.0 Å². The third-order valence-corrected chi connectivity index (χ3v) is 6.70. The van der Waals surface area contributed by atoms with Crippen molar-refractivity contribution in [3.8, 4) is 5.75 Å². The van der Waals surface area contributed by atoms with Gasteiger partial charge in [-0.3, -0.25) is 0 Å². The van der Waals surface area contributed by atoms with Crippen molar-refractivity contribution in [2.24, 2.45) is 0 Å². The van der Waals surface area contributed by atoms with Crippen LogP contribution in [0.1, 0.15) is 53.6 Å². The van der Waals surface area contributed by atoms with E-state index in [1.165, 1.54) is 12.7 Å². The first-order valence-electron chi connectivity index (χ1n) is 9.11. The van der Waals surface area contributed by atoms with Crippen LogP contribution in [0, 0.1) is 13.8 Å². The predicted octanol–water partition coefficient (Wildman–Crippen LogP) is 4.23. The molecule has 0 saturated carbocycles. The molecule has 0 fully saturated rings. The fourth-order valence-electron chi connectivity index (χ4n) is 3.78. The third-order valence-electron chi connectivity index (χ3n) is 5.14. The van der Waals surface area contributed by atoms with Crippen LogP contribution in [-0.2, 0) is 22.9 Å². The molecule has 0 saturated heterocycles. The minimum atomic E-state index is -3.69. The third kappa shape index (κ3) is 3.79. The van der Waals surface area contributed by atoms with Crippen LogP contribution >= 0.6 is 0 Å². The molecule has 0 heterocycles. The van der Waals surface area contributed by atoms with Gasteiger partial charge in [0, 0.05) is 6.04 Å². The Hall–Kier alpha value is -1.85. The number of hydrogen-bond acceptors (Lipinski definition) is 3. The van der Waals surface area contributed by atoms with Gasteiger partial charge >= 0.3 is 0 Å². The number of aryl methyl sites for hydroxylation is 4. The molecule has 2 aromatic rings. The molecule has 0 radical (unpaired) electrons. The van der Waals surface area contributed by atoms with Gasteiger partial charge in [-0.15, -0.1) is 0 Å². The van der Waals surface area contributed by atoms with Crippen molar-refractivity contribution in [1.82, 2.24) is 4.72 Å². The number of benzene rings is 2. The quantitative estimate of drug-likeness (QED) is 0.853. The highest BCUT2D eigenvalue weighted by atomic mass is 32.2. The van der Waals surface area contributed by atoms with E-state index in [0.29, 0.717) is 5.75 Å². The molecule has 1 aliphatic carbocycles. The highest BCUT2D eigenvalue weighted by Crippen LogP contribution is 2.33. The van der Waals surface area contributed by atoms with Gasteiger partial charge in [-0.05, 0) is 80.8 Å². The highest BCUT2D eigenvalue weighted by molar-refractivity contribution is 7.89. The van der Waals surface area contributed by atoms with Gasteiger partial charge in [0.1, 0.15) is 10.6 Å². The van der Waals surface area contributed by atoms with Gasteiger partial charge in [0.15, 0.2) is 0 Å². The van der Waals surface area contributed by atoms with Crippen molar-refractivity contribution < 1.29 is 13.2 Å². The molecule has 2 aromatic carbocycles. The van der Waals surface area contributed by atoms with Gasteiger partial charge in [-0.1, -0.05) is 23.8 Å². The summed E-state index contributed by atoms with van der Waals surface area (Å²) in [6.07, 6.45) is 4.16. The molecule has 5 heteroatoms. The molecule has 1 unspecified atom stereocenters. The normalized spacial score (nSPS) is 15.4. The van der Waals surface area contributed by atoms with Crippen molar-refractivity contribution in [3.63, 3.8) is 0 Å². The number of fused-ring (bicyclic) bond motifs is 1. The Kier molecular flexibility index (Phi) is 5.39. The average Bonchev–Trinajstić information content (AvgIpc) is 2.60. The van der Waals surface area contributed by atoms with Gasteiger partial charge in [-0.2, -0.15) is 0 Å². The standard InChI is InChI=1S/C21H27NO3S/c1-14-9-10-19(15(2)11-14)16(3)22-26(23,24)21-13-18-8-6-5-7-17(18)12-20(21)25-4/h9-13,16,22H,5-8H2,1-4H3. The molecule has 1 aliphatic rings. The first-order valence-corrected chi connectivity index (χ1v) is 10.6. The molecule has 3 rings (SSSR count). The topological polar surface area (TPSA) is 55.4 Å². The van der Waals surface area contributed by atoms with Gasteiger partial charge < -0.3 is 4.74 Å². The number of methoxy groups -OCH3 is 1. The molecular weight excluding hydrogens is 346 g/mol. The fourth-order valence-corrected chi connectivity index (χ4v) is 5.21. The van der Waals surface area contributed by atoms with Crippen LogP contribution in [0.2, 0.25) is 0 Å². The molecule has 0 amide bonds. The SMILES string of the molecule is COc1cc2c(cc1S(=O)(=O)NC(C)c1ccc(C)cc1C)CCCC2. The lowest BCUT2D eigenvalue weighted by molar-refractivity contribution is 0.400. The van der Waals surface area contributed by atoms with Crippen LogP contribution in [0.4, 0.5) is 0 Å². The Labute approximate surface area is 156 Å². The highest BCUT2D eigenvalue weighted by Gasteiger charge is 2.25. The molecule has 4 nitrogen and oxygen atoms in total. The summed E-state index contributed by atoms with van der Waals surface area (Å²) in [5.41, 5.74) is 5.55. The van der Waals surface area contributed by atoms with Crippen LogP contribution in [0.15, 0.2) is 35.2 Å². The Bertz CT molecular complexity index is 919. The summed E-state index contributed by atoms with van der Waals surface area (Å²) in [4.78, 5) is 0.234. The van der Waals surface area contributed by atoms with E-state index in [-0.39, 0.29) is 10.9 Å². The molecule has 1 N–H and O–H groups in total. The first-order chi connectivity index (χ1) is 12.3. The summed E-state index contributed by atoms with van der Waals surface area (Å²) in [5.74, 6) is 0.422. The Morgan fingerprint density at radius 1 is 1.04 bits per heavy atom. The Morgan fingerprint density at radius 3 is 2.31 bits per heavy atom. The maximum atomic E-state index is 13.1. The van der Waals surface area contributed by atoms with E-state index < -0.39 is 10.0 Å². The molecule has 1 atom stereocenters. The second-order valence-electron chi connectivity index (χ2n) is 7.18. The van der Waals surface area contributed by atoms with E-state index in [1.54, 1.807) is 6.07 Å². The van der Waals surface area contributed by atoms with Crippen LogP contribution in [0.25, 0.3) is 0 Å². The van der Waals surface area contributed by atoms with Crippen molar-refractivity contribution in [1.29, 1.82) is 0 Å². The van der Waals surface area contributed by atoms with Gasteiger partial charge in [0.2, 0.25) is 10.0 Å². The smallest absolute Gasteiger partial charge is 0.244 e. The molecule has 140 valence electrons. The maximum Gasteiger partial charge on any atom is 0.244 e. The molecule has 0 spiro atoms. The number of sulfonamides is 1. The summed E-state index contributed by atoms with van der Waals surface area (Å²) < 4.78 is 34.4. The van der Waals surface area contributed by atoms with Crippen molar-refractivity contribution in [2.45, 2.75) is 57.4 Å². The number of rotatable bonds is 5. The summed E-state index contributed by atoms with van der Waals surface area (Å²) in [6.45, 7) is 5.91.